The van der Waals surface area contributed by atoms with Gasteiger partial charge in [0.2, 0.25) is 0 Å². The van der Waals surface area contributed by atoms with Gasteiger partial charge in [-0.3, -0.25) is 9.69 Å². The Labute approximate surface area is 199 Å². The first-order chi connectivity index (χ1) is 15.2. The molecule has 0 unspecified atom stereocenters. The van der Waals surface area contributed by atoms with E-state index in [1.165, 1.54) is 0 Å². The van der Waals surface area contributed by atoms with Crippen LogP contribution in [0.3, 0.4) is 0 Å². The minimum absolute atomic E-state index is 0.0285. The molecule has 2 fully saturated rings. The van der Waals surface area contributed by atoms with E-state index >= 15 is 0 Å². The van der Waals surface area contributed by atoms with Gasteiger partial charge in [0.05, 0.1) is 36.9 Å². The van der Waals surface area contributed by atoms with Crippen molar-refractivity contribution in [3.8, 4) is 0 Å². The third-order valence-electron chi connectivity index (χ3n) is 7.76. The molecule has 0 aromatic carbocycles. The van der Waals surface area contributed by atoms with Crippen LogP contribution in [0, 0.1) is 11.8 Å². The first-order valence-corrected chi connectivity index (χ1v) is 15.1. The average Bonchev–Trinajstić information content (AvgIpc) is 2.99. The van der Waals surface area contributed by atoms with Crippen molar-refractivity contribution in [1.29, 1.82) is 0 Å². The highest BCUT2D eigenvalue weighted by Gasteiger charge is 2.49. The molecule has 2 heterocycles. The van der Waals surface area contributed by atoms with Gasteiger partial charge in [0.25, 0.3) is 0 Å². The van der Waals surface area contributed by atoms with Gasteiger partial charge >= 0.3 is 5.97 Å². The molecule has 0 radical (unpaired) electrons. The zero-order valence-electron chi connectivity index (χ0n) is 21.3. The van der Waals surface area contributed by atoms with Crippen molar-refractivity contribution in [2.45, 2.75) is 83.1 Å². The summed E-state index contributed by atoms with van der Waals surface area (Å²) in [4.78, 5) is 15.1. The van der Waals surface area contributed by atoms with Gasteiger partial charge < -0.3 is 24.1 Å². The maximum absolute atomic E-state index is 12.9. The number of fused-ring (bicyclic) bond motifs is 1. The van der Waals surface area contributed by atoms with Crippen LogP contribution < -0.4 is 0 Å². The number of morpholine rings is 1. The topological polar surface area (TPSA) is 88.5 Å². The Morgan fingerprint density at radius 3 is 2.52 bits per heavy atom. The molecule has 2 saturated heterocycles. The number of esters is 1. The van der Waals surface area contributed by atoms with Gasteiger partial charge in [-0.25, -0.2) is 0 Å². The van der Waals surface area contributed by atoms with Crippen molar-refractivity contribution in [3.05, 3.63) is 23.8 Å². The largest absolute Gasteiger partial charge is 0.457 e. The fourth-order valence-electron chi connectivity index (χ4n) is 4.63. The molecule has 0 amide bonds. The molecule has 0 saturated carbocycles. The standard InChI is InChI=1S/C25H43NO6Si/c1-17-14-21-22(18(23(28)31-21)16-26-10-12-30-13-11-26)19(27)15-25(5,29)9-8-20(17)32-33(6,7)24(2,3)4/h8-9,14,18-22,27,29H,10-13,15-16H2,1-7H3/b9-8+,17-14-/t18-,19+,20-,21+,22+,25-/m0/s1. The monoisotopic (exact) mass is 481 g/mol. The molecule has 0 aromatic heterocycles. The number of aliphatic hydroxyl groups excluding tert-OH is 1. The molecule has 33 heavy (non-hydrogen) atoms. The molecule has 0 aromatic rings. The molecular weight excluding hydrogens is 438 g/mol. The van der Waals surface area contributed by atoms with Gasteiger partial charge in [-0.05, 0) is 43.6 Å². The van der Waals surface area contributed by atoms with Crippen molar-refractivity contribution in [2.24, 2.45) is 11.8 Å². The lowest BCUT2D eigenvalue weighted by atomic mass is 9.79. The molecule has 8 heteroatoms. The highest BCUT2D eigenvalue weighted by atomic mass is 28.4. The summed E-state index contributed by atoms with van der Waals surface area (Å²) in [5.74, 6) is -1.17. The summed E-state index contributed by atoms with van der Waals surface area (Å²) in [6.07, 6.45) is 3.95. The van der Waals surface area contributed by atoms with Gasteiger partial charge in [0.1, 0.15) is 6.10 Å². The number of ether oxygens (including phenoxy) is 2. The lowest BCUT2D eigenvalue weighted by Gasteiger charge is -2.39. The van der Waals surface area contributed by atoms with Crippen molar-refractivity contribution >= 4 is 14.3 Å². The predicted octanol–water partition coefficient (Wildman–Crippen LogP) is 2.88. The number of carbonyl (C=O) groups is 1. The Kier molecular flexibility index (Phi) is 7.98. The molecular formula is C25H43NO6Si. The Morgan fingerprint density at radius 1 is 1.27 bits per heavy atom. The number of rotatable bonds is 4. The number of hydrogen-bond acceptors (Lipinski definition) is 7. The van der Waals surface area contributed by atoms with E-state index in [9.17, 15) is 15.0 Å². The Morgan fingerprint density at radius 2 is 1.91 bits per heavy atom. The average molecular weight is 482 g/mol. The van der Waals surface area contributed by atoms with E-state index in [4.69, 9.17) is 13.9 Å². The first kappa shape index (κ1) is 26.6. The lowest BCUT2D eigenvalue weighted by molar-refractivity contribution is -0.143. The predicted molar refractivity (Wildman–Crippen MR) is 130 cm³/mol. The number of carbonyl (C=O) groups excluding carboxylic acids is 1. The molecule has 6 atom stereocenters. The minimum atomic E-state index is -2.10. The number of aliphatic hydroxyl groups is 2. The Balaban J connectivity index is 1.92. The number of hydrogen-bond donors (Lipinski definition) is 2. The van der Waals surface area contributed by atoms with Crippen LogP contribution in [0.1, 0.15) is 41.0 Å². The number of nitrogens with zero attached hydrogens (tertiary/aromatic N) is 1. The van der Waals surface area contributed by atoms with Crippen molar-refractivity contribution in [2.75, 3.05) is 32.8 Å². The highest BCUT2D eigenvalue weighted by molar-refractivity contribution is 6.74. The van der Waals surface area contributed by atoms with Crippen LogP contribution in [0.4, 0.5) is 0 Å². The van der Waals surface area contributed by atoms with Gasteiger partial charge in [-0.2, -0.15) is 0 Å². The SMILES string of the molecule is C/C1=C/[C@H]2OC(=O)[C@@H](CN3CCOCC3)[C@@H]2[C@H](O)C[C@@](C)(O)/C=C/[C@@H]1O[Si](C)(C)C(C)(C)C. The van der Waals surface area contributed by atoms with Crippen molar-refractivity contribution < 1.29 is 28.9 Å². The van der Waals surface area contributed by atoms with E-state index in [-0.39, 0.29) is 23.5 Å². The zero-order chi connectivity index (χ0) is 24.6. The third kappa shape index (κ3) is 6.35. The molecule has 7 nitrogen and oxygen atoms in total. The normalized spacial score (nSPS) is 39.4. The summed E-state index contributed by atoms with van der Waals surface area (Å²) < 4.78 is 17.9. The smallest absolute Gasteiger partial charge is 0.311 e. The first-order valence-electron chi connectivity index (χ1n) is 12.2. The highest BCUT2D eigenvalue weighted by Crippen LogP contribution is 2.40. The minimum Gasteiger partial charge on any atom is -0.457 e. The molecule has 0 bridgehead atoms. The van der Waals surface area contributed by atoms with Crippen LogP contribution in [0.2, 0.25) is 18.1 Å². The summed E-state index contributed by atoms with van der Waals surface area (Å²) in [6, 6.07) is 0. The summed E-state index contributed by atoms with van der Waals surface area (Å²) in [7, 11) is -2.10. The van der Waals surface area contributed by atoms with Gasteiger partial charge in [0.15, 0.2) is 8.32 Å². The molecule has 3 rings (SSSR count). The summed E-state index contributed by atoms with van der Waals surface area (Å²) in [6.45, 7) is 18.0. The second-order valence-electron chi connectivity index (χ2n) is 11.7. The van der Waals surface area contributed by atoms with E-state index in [2.05, 4.69) is 38.8 Å². The van der Waals surface area contributed by atoms with Crippen LogP contribution in [0.5, 0.6) is 0 Å². The maximum atomic E-state index is 12.9. The van der Waals surface area contributed by atoms with E-state index in [1.54, 1.807) is 13.0 Å². The molecule has 2 aliphatic heterocycles. The lowest BCUT2D eigenvalue weighted by Crippen LogP contribution is -2.46. The van der Waals surface area contributed by atoms with E-state index in [0.29, 0.717) is 19.8 Å². The fourth-order valence-corrected chi connectivity index (χ4v) is 5.88. The fraction of sp³-hybridized carbons (Fsp3) is 0.800. The summed E-state index contributed by atoms with van der Waals surface area (Å²) in [5, 5.41) is 22.3. The van der Waals surface area contributed by atoms with Gasteiger partial charge in [-0.15, -0.1) is 0 Å². The van der Waals surface area contributed by atoms with E-state index in [0.717, 1.165) is 18.7 Å². The van der Waals surface area contributed by atoms with Crippen LogP contribution in [0.15, 0.2) is 23.8 Å². The van der Waals surface area contributed by atoms with Crippen molar-refractivity contribution in [3.63, 3.8) is 0 Å². The summed E-state index contributed by atoms with van der Waals surface area (Å²) >= 11 is 0. The molecule has 0 spiro atoms. The van der Waals surface area contributed by atoms with Crippen LogP contribution in [-0.2, 0) is 18.7 Å². The third-order valence-corrected chi connectivity index (χ3v) is 12.2. The molecule has 188 valence electrons. The van der Waals surface area contributed by atoms with E-state index in [1.807, 2.05) is 19.1 Å². The quantitative estimate of drug-likeness (QED) is 0.363. The summed E-state index contributed by atoms with van der Waals surface area (Å²) in [5.41, 5.74) is -0.304. The Hall–Kier alpha value is -1.03. The van der Waals surface area contributed by atoms with Crippen LogP contribution in [-0.4, -0.2) is 86.2 Å². The second-order valence-corrected chi connectivity index (χ2v) is 16.5. The van der Waals surface area contributed by atoms with Crippen molar-refractivity contribution in [1.82, 2.24) is 4.90 Å². The van der Waals surface area contributed by atoms with Crippen LogP contribution >= 0.6 is 0 Å². The zero-order valence-corrected chi connectivity index (χ0v) is 22.3. The van der Waals surface area contributed by atoms with Gasteiger partial charge in [-0.1, -0.05) is 32.9 Å². The Bertz CT molecular complexity index is 765. The molecule has 3 aliphatic rings. The second kappa shape index (κ2) is 9.91. The van der Waals surface area contributed by atoms with Crippen LogP contribution in [0.25, 0.3) is 0 Å². The maximum Gasteiger partial charge on any atom is 0.311 e. The van der Waals surface area contributed by atoms with Gasteiger partial charge in [0, 0.05) is 32.0 Å². The molecule has 1 aliphatic carbocycles. The molecule has 2 N–H and O–H groups in total. The van der Waals surface area contributed by atoms with E-state index < -0.39 is 38.0 Å².